The van der Waals surface area contributed by atoms with E-state index in [4.69, 9.17) is 4.74 Å². The Hall–Kier alpha value is -3.66. The van der Waals surface area contributed by atoms with Gasteiger partial charge in [0.2, 0.25) is 10.0 Å². The van der Waals surface area contributed by atoms with Gasteiger partial charge in [0, 0.05) is 63.1 Å². The van der Waals surface area contributed by atoms with Crippen LogP contribution in [0.15, 0.2) is 59.5 Å². The maximum Gasteiger partial charge on any atom is 0.258 e. The molecular weight excluding hydrogens is 540 g/mol. The molecule has 1 atom stereocenters. The van der Waals surface area contributed by atoms with Crippen molar-refractivity contribution in [3.05, 3.63) is 76.9 Å². The number of hydrogen-bond donors (Lipinski definition) is 0. The second-order valence-electron chi connectivity index (χ2n) is 11.0. The van der Waals surface area contributed by atoms with Gasteiger partial charge in [-0.2, -0.15) is 4.31 Å². The number of rotatable bonds is 9. The zero-order chi connectivity index (χ0) is 28.7. The molecule has 2 aliphatic heterocycles. The summed E-state index contributed by atoms with van der Waals surface area (Å²) in [5.74, 6) is -0.457. The lowest BCUT2D eigenvalue weighted by Gasteiger charge is -2.31. The number of hydrogen-bond acceptors (Lipinski definition) is 6. The number of amides is 1. The maximum absolute atomic E-state index is 13.6. The number of allylic oxidation sites excluding steroid dienone is 1. The van der Waals surface area contributed by atoms with Gasteiger partial charge >= 0.3 is 0 Å². The van der Waals surface area contributed by atoms with Crippen LogP contribution >= 0.6 is 0 Å². The summed E-state index contributed by atoms with van der Waals surface area (Å²) >= 11 is 0. The number of ether oxygens (including phenoxy) is 1. The summed E-state index contributed by atoms with van der Waals surface area (Å²) in [7, 11) is -2.16. The van der Waals surface area contributed by atoms with E-state index in [0.29, 0.717) is 38.1 Å². The van der Waals surface area contributed by atoms with Gasteiger partial charge in [-0.15, -0.1) is 0 Å². The predicted octanol–water partition coefficient (Wildman–Crippen LogP) is 4.19. The van der Waals surface area contributed by atoms with Crippen molar-refractivity contribution in [2.24, 2.45) is 5.92 Å². The highest BCUT2D eigenvalue weighted by molar-refractivity contribution is 7.89. The van der Waals surface area contributed by atoms with Crippen molar-refractivity contribution in [2.45, 2.75) is 37.0 Å². The Morgan fingerprint density at radius 2 is 1.93 bits per heavy atom. The minimum absolute atomic E-state index is 0.00114. The number of piperidine rings is 1. The largest absolute Gasteiger partial charge is 0.385 e. The number of Topliss-reactive ketones (excluding diaryl/α,β-unsaturated/α-hetero) is 1. The SMILES string of the molecule is COCCCN1C(=O)c2cccc3c(CC(=O)C4CCCN(S(=O)(=O)c5ccc6c(c5)C=CC(=O)C6)C4)ccc1c23. The Balaban J connectivity index is 1.21. The van der Waals surface area contributed by atoms with Gasteiger partial charge in [-0.3, -0.25) is 14.4 Å². The fourth-order valence-corrected chi connectivity index (χ4v) is 7.79. The van der Waals surface area contributed by atoms with Gasteiger partial charge in [-0.1, -0.05) is 30.3 Å². The van der Waals surface area contributed by atoms with Crippen molar-refractivity contribution in [2.75, 3.05) is 38.3 Å². The molecule has 3 aliphatic rings. The summed E-state index contributed by atoms with van der Waals surface area (Å²) in [4.78, 5) is 40.4. The Labute approximate surface area is 239 Å². The zero-order valence-corrected chi connectivity index (χ0v) is 23.8. The van der Waals surface area contributed by atoms with Crippen molar-refractivity contribution in [3.8, 4) is 0 Å². The third-order valence-corrected chi connectivity index (χ3v) is 10.2. The van der Waals surface area contributed by atoms with E-state index >= 15 is 0 Å². The molecule has 9 heteroatoms. The van der Waals surface area contributed by atoms with Crippen LogP contribution in [-0.4, -0.2) is 63.5 Å². The number of anilines is 1. The van der Waals surface area contributed by atoms with Gasteiger partial charge in [-0.25, -0.2) is 8.42 Å². The normalized spacial score (nSPS) is 18.8. The first-order chi connectivity index (χ1) is 19.8. The second-order valence-corrected chi connectivity index (χ2v) is 12.9. The minimum Gasteiger partial charge on any atom is -0.385 e. The summed E-state index contributed by atoms with van der Waals surface area (Å²) in [6.45, 7) is 1.62. The topological polar surface area (TPSA) is 101 Å². The van der Waals surface area contributed by atoms with Gasteiger partial charge in [0.25, 0.3) is 5.91 Å². The first-order valence-electron chi connectivity index (χ1n) is 14.0. The van der Waals surface area contributed by atoms with Crippen LogP contribution in [0.5, 0.6) is 0 Å². The number of carbonyl (C=O) groups is 3. The predicted molar refractivity (Wildman–Crippen MR) is 156 cm³/mol. The molecule has 1 fully saturated rings. The highest BCUT2D eigenvalue weighted by atomic mass is 32.2. The van der Waals surface area contributed by atoms with E-state index in [2.05, 4.69) is 0 Å². The minimum atomic E-state index is -3.80. The quantitative estimate of drug-likeness (QED) is 0.357. The molecule has 0 aromatic heterocycles. The van der Waals surface area contributed by atoms with Crippen molar-refractivity contribution in [1.29, 1.82) is 0 Å². The Morgan fingerprint density at radius 1 is 1.07 bits per heavy atom. The van der Waals surface area contributed by atoms with Crippen LogP contribution in [0.3, 0.4) is 0 Å². The molecule has 1 saturated heterocycles. The molecule has 0 bridgehead atoms. The number of carbonyl (C=O) groups excluding carboxylic acids is 3. The number of sulfonamides is 1. The average molecular weight is 573 g/mol. The van der Waals surface area contributed by atoms with Crippen molar-refractivity contribution < 1.29 is 27.5 Å². The number of nitrogens with zero attached hydrogens (tertiary/aromatic N) is 2. The molecule has 6 rings (SSSR count). The van der Waals surface area contributed by atoms with E-state index in [9.17, 15) is 22.8 Å². The molecule has 0 saturated carbocycles. The molecule has 2 heterocycles. The molecule has 1 aliphatic carbocycles. The van der Waals surface area contributed by atoms with E-state index in [1.807, 2.05) is 30.3 Å². The van der Waals surface area contributed by atoms with Crippen LogP contribution in [0.25, 0.3) is 16.8 Å². The molecule has 3 aromatic carbocycles. The lowest BCUT2D eigenvalue weighted by atomic mass is 9.89. The van der Waals surface area contributed by atoms with Crippen molar-refractivity contribution in [3.63, 3.8) is 0 Å². The Bertz CT molecular complexity index is 1710. The van der Waals surface area contributed by atoms with E-state index in [1.54, 1.807) is 36.3 Å². The van der Waals surface area contributed by atoms with E-state index in [0.717, 1.165) is 39.6 Å². The zero-order valence-electron chi connectivity index (χ0n) is 23.0. The summed E-state index contributed by atoms with van der Waals surface area (Å²) < 4.78 is 33.7. The first-order valence-corrected chi connectivity index (χ1v) is 15.4. The number of ketones is 2. The lowest BCUT2D eigenvalue weighted by molar-refractivity contribution is -0.123. The molecule has 1 amide bonds. The van der Waals surface area contributed by atoms with Crippen molar-refractivity contribution in [1.82, 2.24) is 4.31 Å². The first kappa shape index (κ1) is 27.5. The molecule has 0 N–H and O–H groups in total. The third-order valence-electron chi connectivity index (χ3n) is 8.38. The second kappa shape index (κ2) is 11.0. The fraction of sp³-hybridized carbons (Fsp3) is 0.344. The molecule has 1 unspecified atom stereocenters. The van der Waals surface area contributed by atoms with E-state index < -0.39 is 15.9 Å². The van der Waals surface area contributed by atoms with Crippen LogP contribution < -0.4 is 4.90 Å². The maximum atomic E-state index is 13.6. The van der Waals surface area contributed by atoms with Gasteiger partial charge in [0.15, 0.2) is 5.78 Å². The summed E-state index contributed by atoms with van der Waals surface area (Å²) in [6, 6.07) is 14.3. The summed E-state index contributed by atoms with van der Waals surface area (Å²) in [5, 5.41) is 1.76. The molecule has 41 heavy (non-hydrogen) atoms. The van der Waals surface area contributed by atoms with Gasteiger partial charge < -0.3 is 9.64 Å². The van der Waals surface area contributed by atoms with Crippen LogP contribution in [-0.2, 0) is 37.2 Å². The Kier molecular flexibility index (Phi) is 7.36. The van der Waals surface area contributed by atoms with Gasteiger partial charge in [-0.05, 0) is 71.7 Å². The molecule has 212 valence electrons. The fourth-order valence-electron chi connectivity index (χ4n) is 6.23. The van der Waals surface area contributed by atoms with E-state index in [1.165, 1.54) is 10.4 Å². The molecule has 0 spiro atoms. The number of benzene rings is 3. The number of methoxy groups -OCH3 is 1. The third kappa shape index (κ3) is 5.03. The average Bonchev–Trinajstić information content (AvgIpc) is 3.26. The van der Waals surface area contributed by atoms with Crippen LogP contribution in [0, 0.1) is 5.92 Å². The van der Waals surface area contributed by atoms with E-state index in [-0.39, 0.29) is 41.8 Å². The van der Waals surface area contributed by atoms with Crippen LogP contribution in [0.2, 0.25) is 0 Å². The molecular formula is C32H32N2O6S. The number of fused-ring (bicyclic) bond motifs is 1. The van der Waals surface area contributed by atoms with Crippen LogP contribution in [0.1, 0.15) is 46.3 Å². The summed E-state index contributed by atoms with van der Waals surface area (Å²) in [6.07, 6.45) is 5.53. The standard InChI is InChI=1S/C32H32N2O6S/c1-40-16-4-15-34-29-13-10-23(27-6-2-7-28(31(27)29)32(34)37)19-30(36)24-5-3-14-33(20-24)41(38,39)26-12-9-21-17-25(35)11-8-22(21)18-26/h2,6-13,18,24H,3-5,14-17,19-20H2,1H3. The van der Waals surface area contributed by atoms with Gasteiger partial charge in [0.05, 0.1) is 10.6 Å². The molecule has 8 nitrogen and oxygen atoms in total. The molecule has 3 aromatic rings. The smallest absolute Gasteiger partial charge is 0.258 e. The highest BCUT2D eigenvalue weighted by Gasteiger charge is 2.35. The Morgan fingerprint density at radius 3 is 2.76 bits per heavy atom. The monoisotopic (exact) mass is 572 g/mol. The van der Waals surface area contributed by atoms with Crippen molar-refractivity contribution >= 4 is 50.0 Å². The van der Waals surface area contributed by atoms with Gasteiger partial charge in [0.1, 0.15) is 5.78 Å². The summed E-state index contributed by atoms with van der Waals surface area (Å²) in [5.41, 5.74) is 3.89. The highest BCUT2D eigenvalue weighted by Crippen LogP contribution is 2.39. The lowest BCUT2D eigenvalue weighted by Crippen LogP contribution is -2.42. The molecule has 0 radical (unpaired) electrons. The van der Waals surface area contributed by atoms with Crippen LogP contribution in [0.4, 0.5) is 5.69 Å².